The average molecular weight is 342 g/mol. The molecule has 1 heterocycles. The van der Waals surface area contributed by atoms with Crippen LogP contribution in [0.2, 0.25) is 0 Å². The molecule has 2 aromatic rings. The molecule has 0 unspecified atom stereocenters. The summed E-state index contributed by atoms with van der Waals surface area (Å²) >= 11 is 0. The fraction of sp³-hybridized carbons (Fsp3) is 0.400. The molecular weight excluding hydrogens is 316 g/mol. The van der Waals surface area contributed by atoms with Crippen molar-refractivity contribution in [2.24, 2.45) is 5.92 Å². The number of hydrogen-bond acceptors (Lipinski definition) is 3. The highest BCUT2D eigenvalue weighted by molar-refractivity contribution is 5.94. The number of H-pyrrole nitrogens is 1. The minimum absolute atomic E-state index is 0.192. The van der Waals surface area contributed by atoms with Crippen LogP contribution in [0.15, 0.2) is 35.1 Å². The first-order valence-corrected chi connectivity index (χ1v) is 8.44. The number of nitrogens with zero attached hydrogens (tertiary/aromatic N) is 1. The van der Waals surface area contributed by atoms with E-state index in [-0.39, 0.29) is 17.0 Å². The Kier molecular flexibility index (Phi) is 6.02. The molecule has 1 aromatic carbocycles. The van der Waals surface area contributed by atoms with Gasteiger partial charge in [-0.2, -0.15) is 0 Å². The van der Waals surface area contributed by atoms with Gasteiger partial charge < -0.3 is 14.6 Å². The summed E-state index contributed by atoms with van der Waals surface area (Å²) in [5.41, 5.74) is 2.54. The van der Waals surface area contributed by atoms with E-state index in [1.807, 2.05) is 38.1 Å². The van der Waals surface area contributed by atoms with Crippen molar-refractivity contribution in [3.8, 4) is 5.75 Å². The number of benzene rings is 1. The highest BCUT2D eigenvalue weighted by Crippen LogP contribution is 2.16. The number of hydrogen-bond donors (Lipinski definition) is 1. The molecule has 0 spiro atoms. The normalized spacial score (nSPS) is 10.8. The third-order valence-electron chi connectivity index (χ3n) is 4.13. The van der Waals surface area contributed by atoms with Crippen LogP contribution in [0.25, 0.3) is 0 Å². The number of nitrogens with one attached hydrogen (secondary N) is 1. The molecule has 1 N–H and O–H groups in total. The molecule has 0 saturated heterocycles. The van der Waals surface area contributed by atoms with Crippen molar-refractivity contribution < 1.29 is 9.53 Å². The minimum Gasteiger partial charge on any atom is -0.497 e. The lowest BCUT2D eigenvalue weighted by Gasteiger charge is -2.25. The summed E-state index contributed by atoms with van der Waals surface area (Å²) in [6, 6.07) is 9.29. The van der Waals surface area contributed by atoms with Gasteiger partial charge in [0.15, 0.2) is 0 Å². The van der Waals surface area contributed by atoms with E-state index in [9.17, 15) is 9.59 Å². The number of ether oxygens (including phenoxy) is 1. The van der Waals surface area contributed by atoms with Gasteiger partial charge in [0.2, 0.25) is 0 Å². The second kappa shape index (κ2) is 8.01. The van der Waals surface area contributed by atoms with Crippen molar-refractivity contribution in [2.45, 2.75) is 34.2 Å². The maximum absolute atomic E-state index is 13.0. The SMILES string of the molecule is COc1ccc(CN(CC(C)C)C(=O)c2cc(C)c(C)[nH]c2=O)cc1. The Morgan fingerprint density at radius 3 is 2.40 bits per heavy atom. The van der Waals surface area contributed by atoms with Crippen LogP contribution in [0.5, 0.6) is 5.75 Å². The molecule has 134 valence electrons. The van der Waals surface area contributed by atoms with Crippen molar-refractivity contribution in [3.63, 3.8) is 0 Å². The van der Waals surface area contributed by atoms with Crippen LogP contribution in [0, 0.1) is 19.8 Å². The van der Waals surface area contributed by atoms with Gasteiger partial charge in [-0.1, -0.05) is 26.0 Å². The largest absolute Gasteiger partial charge is 0.497 e. The number of carbonyl (C=O) groups is 1. The Morgan fingerprint density at radius 2 is 1.84 bits per heavy atom. The summed E-state index contributed by atoms with van der Waals surface area (Å²) in [4.78, 5) is 29.7. The fourth-order valence-corrected chi connectivity index (χ4v) is 2.67. The van der Waals surface area contributed by atoms with Gasteiger partial charge >= 0.3 is 0 Å². The Labute approximate surface area is 148 Å². The number of aromatic nitrogens is 1. The summed E-state index contributed by atoms with van der Waals surface area (Å²) in [5, 5.41) is 0. The van der Waals surface area contributed by atoms with Crippen LogP contribution in [-0.4, -0.2) is 29.4 Å². The monoisotopic (exact) mass is 342 g/mol. The summed E-state index contributed by atoms with van der Waals surface area (Å²) in [6.07, 6.45) is 0. The second-order valence-electron chi connectivity index (χ2n) is 6.75. The van der Waals surface area contributed by atoms with E-state index >= 15 is 0 Å². The fourth-order valence-electron chi connectivity index (χ4n) is 2.67. The third kappa shape index (κ3) is 4.72. The molecule has 25 heavy (non-hydrogen) atoms. The molecule has 0 aliphatic heterocycles. The van der Waals surface area contributed by atoms with Gasteiger partial charge in [0.25, 0.3) is 11.5 Å². The summed E-state index contributed by atoms with van der Waals surface area (Å²) in [6.45, 7) is 8.86. The zero-order chi connectivity index (χ0) is 18.6. The predicted molar refractivity (Wildman–Crippen MR) is 99.1 cm³/mol. The number of carbonyl (C=O) groups excluding carboxylic acids is 1. The first-order chi connectivity index (χ1) is 11.8. The van der Waals surface area contributed by atoms with Gasteiger partial charge in [-0.3, -0.25) is 9.59 Å². The van der Waals surface area contributed by atoms with Crippen LogP contribution in [-0.2, 0) is 6.54 Å². The van der Waals surface area contributed by atoms with Crippen LogP contribution in [0.4, 0.5) is 0 Å². The van der Waals surface area contributed by atoms with E-state index in [0.29, 0.717) is 19.0 Å². The van der Waals surface area contributed by atoms with Gasteiger partial charge in [-0.25, -0.2) is 0 Å². The molecule has 0 saturated carbocycles. The zero-order valence-electron chi connectivity index (χ0n) is 15.6. The summed E-state index contributed by atoms with van der Waals surface area (Å²) < 4.78 is 5.17. The van der Waals surface area contributed by atoms with E-state index < -0.39 is 0 Å². The van der Waals surface area contributed by atoms with Gasteiger partial charge in [0.1, 0.15) is 11.3 Å². The van der Waals surface area contributed by atoms with Gasteiger partial charge in [0, 0.05) is 18.8 Å². The lowest BCUT2D eigenvalue weighted by Crippen LogP contribution is -2.37. The molecule has 0 aliphatic rings. The summed E-state index contributed by atoms with van der Waals surface area (Å²) in [7, 11) is 1.62. The maximum atomic E-state index is 13.0. The Morgan fingerprint density at radius 1 is 1.20 bits per heavy atom. The Bertz CT molecular complexity index is 792. The molecule has 5 nitrogen and oxygen atoms in total. The van der Waals surface area contributed by atoms with Crippen molar-refractivity contribution in [1.82, 2.24) is 9.88 Å². The van der Waals surface area contributed by atoms with Crippen LogP contribution >= 0.6 is 0 Å². The molecule has 1 aromatic heterocycles. The highest BCUT2D eigenvalue weighted by Gasteiger charge is 2.21. The summed E-state index contributed by atoms with van der Waals surface area (Å²) in [5.74, 6) is 0.831. The Hall–Kier alpha value is -2.56. The van der Waals surface area contributed by atoms with Gasteiger partial charge in [-0.05, 0) is 49.1 Å². The number of rotatable bonds is 6. The van der Waals surface area contributed by atoms with E-state index in [4.69, 9.17) is 4.74 Å². The van der Waals surface area contributed by atoms with E-state index in [0.717, 1.165) is 22.6 Å². The quantitative estimate of drug-likeness (QED) is 0.876. The van der Waals surface area contributed by atoms with Crippen LogP contribution in [0.1, 0.15) is 41.0 Å². The molecule has 0 aliphatic carbocycles. The Balaban J connectivity index is 2.31. The zero-order valence-corrected chi connectivity index (χ0v) is 15.6. The van der Waals surface area contributed by atoms with E-state index in [1.165, 1.54) is 0 Å². The maximum Gasteiger partial charge on any atom is 0.261 e. The van der Waals surface area contributed by atoms with Gasteiger partial charge in [-0.15, -0.1) is 0 Å². The number of aryl methyl sites for hydroxylation is 2. The smallest absolute Gasteiger partial charge is 0.261 e. The molecule has 0 atom stereocenters. The van der Waals surface area contributed by atoms with Crippen molar-refractivity contribution in [3.05, 3.63) is 63.1 Å². The number of pyridine rings is 1. The van der Waals surface area contributed by atoms with Crippen LogP contribution in [0.3, 0.4) is 0 Å². The molecule has 5 heteroatoms. The average Bonchev–Trinajstić information content (AvgIpc) is 2.57. The first-order valence-electron chi connectivity index (χ1n) is 8.44. The van der Waals surface area contributed by atoms with Crippen LogP contribution < -0.4 is 10.3 Å². The topological polar surface area (TPSA) is 62.4 Å². The van der Waals surface area contributed by atoms with Crippen molar-refractivity contribution in [2.75, 3.05) is 13.7 Å². The molecule has 1 amide bonds. The molecule has 0 radical (unpaired) electrons. The highest BCUT2D eigenvalue weighted by atomic mass is 16.5. The minimum atomic E-state index is -0.336. The van der Waals surface area contributed by atoms with Crippen molar-refractivity contribution >= 4 is 5.91 Å². The first kappa shape index (κ1) is 18.8. The molecule has 0 bridgehead atoms. The lowest BCUT2D eigenvalue weighted by atomic mass is 10.1. The molecule has 2 rings (SSSR count). The predicted octanol–water partition coefficient (Wildman–Crippen LogP) is 3.30. The molecule has 0 fully saturated rings. The second-order valence-corrected chi connectivity index (χ2v) is 6.75. The third-order valence-corrected chi connectivity index (χ3v) is 4.13. The van der Waals surface area contributed by atoms with Gasteiger partial charge in [0.05, 0.1) is 7.11 Å². The van der Waals surface area contributed by atoms with Crippen molar-refractivity contribution in [1.29, 1.82) is 0 Å². The number of methoxy groups -OCH3 is 1. The number of amides is 1. The van der Waals surface area contributed by atoms with E-state index in [1.54, 1.807) is 18.1 Å². The van der Waals surface area contributed by atoms with E-state index in [2.05, 4.69) is 18.8 Å². The standard InChI is InChI=1S/C20H26N2O3/c1-13(2)11-22(12-16-6-8-17(25-5)9-7-16)20(24)18-10-14(3)15(4)21-19(18)23/h6-10,13H,11-12H2,1-5H3,(H,21,23). The lowest BCUT2D eigenvalue weighted by molar-refractivity contribution is 0.0720. The number of aromatic amines is 1. The molecular formula is C20H26N2O3.